The molecule has 0 aromatic carbocycles. The lowest BCUT2D eigenvalue weighted by Crippen LogP contribution is -2.60. The number of amides is 1. The Hall–Kier alpha value is -1.41. The Kier molecular flexibility index (Phi) is 48.0. The van der Waals surface area contributed by atoms with E-state index in [1.165, 1.54) is 205 Å². The van der Waals surface area contributed by atoms with Crippen LogP contribution in [-0.4, -0.2) is 110 Å². The fourth-order valence-electron chi connectivity index (χ4n) is 10.0. The smallest absolute Gasteiger partial charge is 0.249 e. The highest BCUT2D eigenvalue weighted by molar-refractivity contribution is 5.80. The van der Waals surface area contributed by atoms with Crippen LogP contribution in [0.1, 0.15) is 290 Å². The average molecular weight is 1020 g/mol. The van der Waals surface area contributed by atoms with E-state index in [4.69, 9.17) is 9.47 Å². The van der Waals surface area contributed by atoms with Gasteiger partial charge in [0.15, 0.2) is 6.29 Å². The van der Waals surface area contributed by atoms with Crippen LogP contribution in [0.2, 0.25) is 0 Å². The molecule has 1 saturated heterocycles. The first-order valence-corrected chi connectivity index (χ1v) is 30.7. The SMILES string of the molecule is CCCCCCCCCCC/C=C\C/C=C\CCCCCCCCCCCCCCCCC(O)C(=O)NC(COC1OC(CO)C(O)C(O)C1O)C(O)C(O)CCCCCCCCCCCCCCCCC. The summed E-state index contributed by atoms with van der Waals surface area (Å²) >= 11 is 0. The fourth-order valence-corrected chi connectivity index (χ4v) is 10.0. The van der Waals surface area contributed by atoms with Crippen molar-refractivity contribution in [3.05, 3.63) is 24.3 Å². The van der Waals surface area contributed by atoms with Crippen LogP contribution in [0.15, 0.2) is 24.3 Å². The minimum absolute atomic E-state index is 0.262. The molecule has 1 heterocycles. The predicted molar refractivity (Wildman–Crippen MR) is 298 cm³/mol. The highest BCUT2D eigenvalue weighted by Gasteiger charge is 2.44. The third-order valence-corrected chi connectivity index (χ3v) is 15.0. The standard InChI is InChI=1S/C61H117NO10/c1-3-5-7-9-11-13-15-17-19-20-21-22-23-24-25-26-27-28-29-30-31-32-33-35-37-39-41-43-45-47-49-54(65)60(70)62-52(51-71-61-59(69)58(68)57(67)55(50-63)72-61)56(66)53(64)48-46-44-42-40-38-36-34-18-16-14-12-10-8-6-4-2/h21-22,24-25,52-59,61,63-69H,3-20,23,26-51H2,1-2H3,(H,62,70)/b22-21-,25-24-. The van der Waals surface area contributed by atoms with E-state index in [-0.39, 0.29) is 6.42 Å². The van der Waals surface area contributed by atoms with E-state index in [1.807, 2.05) is 0 Å². The second-order valence-electron chi connectivity index (χ2n) is 21.8. The van der Waals surface area contributed by atoms with E-state index in [0.29, 0.717) is 19.3 Å². The van der Waals surface area contributed by atoms with Gasteiger partial charge in [0.1, 0.15) is 36.6 Å². The van der Waals surface area contributed by atoms with Crippen LogP contribution in [0.5, 0.6) is 0 Å². The van der Waals surface area contributed by atoms with Crippen molar-refractivity contribution in [2.24, 2.45) is 0 Å². The van der Waals surface area contributed by atoms with Crippen LogP contribution >= 0.6 is 0 Å². The molecule has 1 aliphatic rings. The molecule has 0 aromatic rings. The second-order valence-corrected chi connectivity index (χ2v) is 21.8. The molecule has 1 fully saturated rings. The van der Waals surface area contributed by atoms with Crippen LogP contribution in [0.4, 0.5) is 0 Å². The molecule has 1 aliphatic heterocycles. The summed E-state index contributed by atoms with van der Waals surface area (Å²) in [4.78, 5) is 13.2. The Labute approximate surface area is 442 Å². The Balaban J connectivity index is 2.22. The molecule has 0 aliphatic carbocycles. The van der Waals surface area contributed by atoms with E-state index in [9.17, 15) is 40.5 Å². The number of rotatable bonds is 53. The lowest BCUT2D eigenvalue weighted by atomic mass is 9.98. The molecule has 1 rings (SSSR count). The molecule has 1 amide bonds. The predicted octanol–water partition coefficient (Wildman–Crippen LogP) is 13.3. The number of ether oxygens (including phenoxy) is 2. The molecular formula is C61H117NO10. The first kappa shape index (κ1) is 68.6. The molecule has 72 heavy (non-hydrogen) atoms. The molecule has 0 radical (unpaired) electrons. The van der Waals surface area contributed by atoms with Crippen LogP contribution in [-0.2, 0) is 14.3 Å². The summed E-state index contributed by atoms with van der Waals surface area (Å²) in [6.07, 6.45) is 49.5. The van der Waals surface area contributed by atoms with E-state index in [0.717, 1.165) is 44.9 Å². The minimum Gasteiger partial charge on any atom is -0.394 e. The Morgan fingerprint density at radius 1 is 0.486 bits per heavy atom. The quantitative estimate of drug-likeness (QED) is 0.0215. The molecule has 11 heteroatoms. The van der Waals surface area contributed by atoms with Gasteiger partial charge in [-0.25, -0.2) is 0 Å². The maximum absolute atomic E-state index is 13.2. The van der Waals surface area contributed by atoms with Gasteiger partial charge in [-0.2, -0.15) is 0 Å². The van der Waals surface area contributed by atoms with Crippen molar-refractivity contribution < 1.29 is 50.0 Å². The number of hydrogen-bond donors (Lipinski definition) is 8. The zero-order chi connectivity index (χ0) is 52.5. The molecule has 8 N–H and O–H groups in total. The molecule has 0 bridgehead atoms. The molecule has 11 nitrogen and oxygen atoms in total. The summed E-state index contributed by atoms with van der Waals surface area (Å²) in [6.45, 7) is 3.48. The largest absolute Gasteiger partial charge is 0.394 e. The van der Waals surface area contributed by atoms with Crippen LogP contribution in [0.25, 0.3) is 0 Å². The molecule has 9 unspecified atom stereocenters. The zero-order valence-electron chi connectivity index (χ0n) is 46.7. The summed E-state index contributed by atoms with van der Waals surface area (Å²) in [5, 5.41) is 76.2. The van der Waals surface area contributed by atoms with Crippen molar-refractivity contribution >= 4 is 5.91 Å². The van der Waals surface area contributed by atoms with Crippen molar-refractivity contribution in [3.8, 4) is 0 Å². The summed E-state index contributed by atoms with van der Waals surface area (Å²) in [7, 11) is 0. The van der Waals surface area contributed by atoms with Gasteiger partial charge in [0, 0.05) is 0 Å². The van der Waals surface area contributed by atoms with Crippen molar-refractivity contribution in [1.29, 1.82) is 0 Å². The zero-order valence-corrected chi connectivity index (χ0v) is 46.7. The lowest BCUT2D eigenvalue weighted by molar-refractivity contribution is -0.303. The maximum atomic E-state index is 13.2. The van der Waals surface area contributed by atoms with E-state index in [1.54, 1.807) is 0 Å². The number of nitrogens with one attached hydrogen (secondary N) is 1. The van der Waals surface area contributed by atoms with Crippen LogP contribution < -0.4 is 5.32 Å². The molecule has 0 aromatic heterocycles. The average Bonchev–Trinajstić information content (AvgIpc) is 3.38. The highest BCUT2D eigenvalue weighted by Crippen LogP contribution is 2.24. The monoisotopic (exact) mass is 1020 g/mol. The number of allylic oxidation sites excluding steroid dienone is 4. The van der Waals surface area contributed by atoms with Gasteiger partial charge in [0.2, 0.25) is 5.91 Å². The van der Waals surface area contributed by atoms with E-state index < -0.39 is 74.2 Å². The summed E-state index contributed by atoms with van der Waals surface area (Å²) in [6, 6.07) is -1.17. The summed E-state index contributed by atoms with van der Waals surface area (Å²) in [5.74, 6) is -0.693. The van der Waals surface area contributed by atoms with Crippen molar-refractivity contribution in [1.82, 2.24) is 5.32 Å². The van der Waals surface area contributed by atoms with Crippen molar-refractivity contribution in [2.45, 2.75) is 345 Å². The molecule has 0 spiro atoms. The minimum atomic E-state index is -1.66. The van der Waals surface area contributed by atoms with Crippen LogP contribution in [0, 0.1) is 0 Å². The first-order valence-electron chi connectivity index (χ1n) is 30.7. The number of carbonyl (C=O) groups is 1. The number of hydrogen-bond acceptors (Lipinski definition) is 10. The van der Waals surface area contributed by atoms with Crippen molar-refractivity contribution in [2.75, 3.05) is 13.2 Å². The third kappa shape index (κ3) is 38.2. The molecule has 9 atom stereocenters. The highest BCUT2D eigenvalue weighted by atomic mass is 16.7. The lowest BCUT2D eigenvalue weighted by Gasteiger charge is -2.40. The van der Waals surface area contributed by atoms with Gasteiger partial charge in [-0.15, -0.1) is 0 Å². The maximum Gasteiger partial charge on any atom is 0.249 e. The fraction of sp³-hybridized carbons (Fsp3) is 0.918. The molecule has 426 valence electrons. The van der Waals surface area contributed by atoms with E-state index >= 15 is 0 Å². The Bertz CT molecular complexity index is 1220. The number of aliphatic hydroxyl groups excluding tert-OH is 7. The molecule has 0 saturated carbocycles. The third-order valence-electron chi connectivity index (χ3n) is 15.0. The Morgan fingerprint density at radius 3 is 1.24 bits per heavy atom. The summed E-state index contributed by atoms with van der Waals surface area (Å²) in [5.41, 5.74) is 0. The second kappa shape index (κ2) is 50.4. The van der Waals surface area contributed by atoms with Gasteiger partial charge >= 0.3 is 0 Å². The van der Waals surface area contributed by atoms with Crippen LogP contribution in [0.3, 0.4) is 0 Å². The molecular weight excluding hydrogens is 907 g/mol. The number of carbonyl (C=O) groups excluding carboxylic acids is 1. The van der Waals surface area contributed by atoms with Gasteiger partial charge in [0.25, 0.3) is 0 Å². The van der Waals surface area contributed by atoms with Gasteiger partial charge in [0.05, 0.1) is 25.4 Å². The van der Waals surface area contributed by atoms with Crippen molar-refractivity contribution in [3.63, 3.8) is 0 Å². The normalized spacial score (nSPS) is 20.2. The number of aliphatic hydroxyl groups is 7. The first-order chi connectivity index (χ1) is 35.2. The van der Waals surface area contributed by atoms with Gasteiger partial charge in [-0.1, -0.05) is 269 Å². The van der Waals surface area contributed by atoms with Gasteiger partial charge in [-0.3, -0.25) is 4.79 Å². The topological polar surface area (TPSA) is 189 Å². The van der Waals surface area contributed by atoms with E-state index in [2.05, 4.69) is 43.5 Å². The number of unbranched alkanes of at least 4 members (excludes halogenated alkanes) is 37. The van der Waals surface area contributed by atoms with Gasteiger partial charge in [-0.05, 0) is 44.9 Å². The summed E-state index contributed by atoms with van der Waals surface area (Å²) < 4.78 is 11.1. The Morgan fingerprint density at radius 2 is 0.847 bits per heavy atom. The van der Waals surface area contributed by atoms with Gasteiger partial charge < -0.3 is 50.5 Å².